The maximum atomic E-state index is 13.0. The third-order valence-corrected chi connectivity index (χ3v) is 4.18. The minimum Gasteiger partial charge on any atom is -0.314 e. The van der Waals surface area contributed by atoms with Gasteiger partial charge >= 0.3 is 6.18 Å². The number of benzene rings is 1. The largest absolute Gasteiger partial charge is 0.390 e. The molecule has 1 N–H and O–H groups in total. The average molecular weight is 351 g/mol. The van der Waals surface area contributed by atoms with E-state index in [1.807, 2.05) is 29.2 Å². The summed E-state index contributed by atoms with van der Waals surface area (Å²) in [5.41, 5.74) is 1.90. The molecule has 2 nitrogen and oxygen atoms in total. The van der Waals surface area contributed by atoms with Crippen molar-refractivity contribution in [1.82, 2.24) is 10.2 Å². The van der Waals surface area contributed by atoms with E-state index < -0.39 is 18.6 Å². The molecule has 1 aliphatic heterocycles. The second-order valence-electron chi connectivity index (χ2n) is 6.99. The molecule has 0 amide bonds. The normalized spacial score (nSPS) is 18.3. The van der Waals surface area contributed by atoms with Crippen LogP contribution < -0.4 is 5.32 Å². The highest BCUT2D eigenvalue weighted by Crippen LogP contribution is 2.34. The van der Waals surface area contributed by atoms with E-state index in [0.29, 0.717) is 13.1 Å². The van der Waals surface area contributed by atoms with Gasteiger partial charge in [-0.25, -0.2) is 0 Å². The molecular formula is C17H26ClF3N2. The third-order valence-electron chi connectivity index (χ3n) is 4.18. The van der Waals surface area contributed by atoms with Crippen LogP contribution in [0.15, 0.2) is 24.3 Å². The van der Waals surface area contributed by atoms with Gasteiger partial charge in [-0.1, -0.05) is 45.0 Å². The summed E-state index contributed by atoms with van der Waals surface area (Å²) in [4.78, 5) is 1.94. The summed E-state index contributed by atoms with van der Waals surface area (Å²) in [5.74, 6) is 0. The first-order valence-corrected chi connectivity index (χ1v) is 7.79. The van der Waals surface area contributed by atoms with Gasteiger partial charge < -0.3 is 5.32 Å². The number of halogens is 4. The standard InChI is InChI=1S/C17H25F3N2.ClH/c1-16(2,3)14-6-4-13(5-7-14)15(12-17(18,19)20)22-10-8-21-9-11-22;/h4-7,15,21H,8-12H2,1-3H3;1H/t15-;/m0./s1. The summed E-state index contributed by atoms with van der Waals surface area (Å²) in [6.07, 6.45) is -4.94. The van der Waals surface area contributed by atoms with Crippen LogP contribution in [0, 0.1) is 0 Å². The van der Waals surface area contributed by atoms with Gasteiger partial charge in [0.2, 0.25) is 0 Å². The van der Waals surface area contributed by atoms with Gasteiger partial charge in [-0.3, -0.25) is 4.90 Å². The number of piperazine rings is 1. The zero-order valence-corrected chi connectivity index (χ0v) is 14.7. The maximum Gasteiger partial charge on any atom is 0.390 e. The fourth-order valence-electron chi connectivity index (χ4n) is 2.88. The number of nitrogens with one attached hydrogen (secondary N) is 1. The van der Waals surface area contributed by atoms with E-state index in [1.165, 1.54) is 0 Å². The highest BCUT2D eigenvalue weighted by atomic mass is 35.5. The zero-order valence-electron chi connectivity index (χ0n) is 13.9. The van der Waals surface area contributed by atoms with Crippen molar-refractivity contribution < 1.29 is 13.2 Å². The molecule has 0 aromatic heterocycles. The molecule has 0 spiro atoms. The van der Waals surface area contributed by atoms with Crippen LogP contribution in [0.2, 0.25) is 0 Å². The Labute approximate surface area is 142 Å². The van der Waals surface area contributed by atoms with Gasteiger partial charge in [0.25, 0.3) is 0 Å². The van der Waals surface area contributed by atoms with E-state index in [-0.39, 0.29) is 17.8 Å². The van der Waals surface area contributed by atoms with Crippen LogP contribution in [0.5, 0.6) is 0 Å². The molecule has 0 aliphatic carbocycles. The number of rotatable bonds is 3. The molecule has 1 fully saturated rings. The van der Waals surface area contributed by atoms with E-state index in [9.17, 15) is 13.2 Å². The molecule has 2 rings (SSSR count). The van der Waals surface area contributed by atoms with E-state index in [1.54, 1.807) is 0 Å². The van der Waals surface area contributed by atoms with Crippen molar-refractivity contribution >= 4 is 12.4 Å². The monoisotopic (exact) mass is 350 g/mol. The minimum atomic E-state index is -4.15. The first-order chi connectivity index (χ1) is 10.2. The van der Waals surface area contributed by atoms with Crippen molar-refractivity contribution in [3.05, 3.63) is 35.4 Å². The van der Waals surface area contributed by atoms with Gasteiger partial charge in [0.1, 0.15) is 0 Å². The van der Waals surface area contributed by atoms with Crippen molar-refractivity contribution in [3.8, 4) is 0 Å². The van der Waals surface area contributed by atoms with Crippen molar-refractivity contribution in [1.29, 1.82) is 0 Å². The molecule has 0 saturated carbocycles. The van der Waals surface area contributed by atoms with Crippen LogP contribution in [0.3, 0.4) is 0 Å². The van der Waals surface area contributed by atoms with Crippen LogP contribution in [0.25, 0.3) is 0 Å². The smallest absolute Gasteiger partial charge is 0.314 e. The van der Waals surface area contributed by atoms with Gasteiger partial charge in [-0.15, -0.1) is 12.4 Å². The molecule has 132 valence electrons. The topological polar surface area (TPSA) is 15.3 Å². The third kappa shape index (κ3) is 5.98. The number of hydrogen-bond acceptors (Lipinski definition) is 2. The number of hydrogen-bond donors (Lipinski definition) is 1. The Morgan fingerprint density at radius 2 is 1.57 bits per heavy atom. The van der Waals surface area contributed by atoms with Crippen molar-refractivity contribution in [2.75, 3.05) is 26.2 Å². The van der Waals surface area contributed by atoms with Crippen LogP contribution >= 0.6 is 12.4 Å². The molecule has 1 saturated heterocycles. The molecule has 1 aromatic rings. The van der Waals surface area contributed by atoms with Crippen LogP contribution in [0.1, 0.15) is 44.4 Å². The predicted molar refractivity (Wildman–Crippen MR) is 90.2 cm³/mol. The highest BCUT2D eigenvalue weighted by molar-refractivity contribution is 5.85. The van der Waals surface area contributed by atoms with E-state index >= 15 is 0 Å². The Balaban J connectivity index is 0.00000264. The van der Waals surface area contributed by atoms with Gasteiger partial charge in [0.05, 0.1) is 6.42 Å². The summed E-state index contributed by atoms with van der Waals surface area (Å²) in [7, 11) is 0. The second-order valence-corrected chi connectivity index (χ2v) is 6.99. The Morgan fingerprint density at radius 1 is 1.04 bits per heavy atom. The van der Waals surface area contributed by atoms with Gasteiger partial charge in [0.15, 0.2) is 0 Å². The first kappa shape index (κ1) is 20.3. The molecular weight excluding hydrogens is 325 g/mol. The van der Waals surface area contributed by atoms with Gasteiger partial charge in [0, 0.05) is 32.2 Å². The quantitative estimate of drug-likeness (QED) is 0.874. The van der Waals surface area contributed by atoms with E-state index in [4.69, 9.17) is 0 Å². The van der Waals surface area contributed by atoms with E-state index in [0.717, 1.165) is 24.2 Å². The van der Waals surface area contributed by atoms with Gasteiger partial charge in [-0.05, 0) is 16.5 Å². The Morgan fingerprint density at radius 3 is 2.00 bits per heavy atom. The molecule has 1 atom stereocenters. The lowest BCUT2D eigenvalue weighted by Gasteiger charge is -2.36. The van der Waals surface area contributed by atoms with Crippen molar-refractivity contribution in [2.45, 2.75) is 44.8 Å². The van der Waals surface area contributed by atoms with Crippen molar-refractivity contribution in [3.63, 3.8) is 0 Å². The van der Waals surface area contributed by atoms with E-state index in [2.05, 4.69) is 26.1 Å². The molecule has 0 radical (unpaired) electrons. The molecule has 1 aliphatic rings. The summed E-state index contributed by atoms with van der Waals surface area (Å²) < 4.78 is 38.9. The summed E-state index contributed by atoms with van der Waals surface area (Å²) in [5, 5.41) is 3.19. The minimum absolute atomic E-state index is 0. The number of alkyl halides is 3. The highest BCUT2D eigenvalue weighted by Gasteiger charge is 2.36. The lowest BCUT2D eigenvalue weighted by atomic mass is 9.86. The predicted octanol–water partition coefficient (Wildman–Crippen LogP) is 4.30. The van der Waals surface area contributed by atoms with Crippen LogP contribution in [0.4, 0.5) is 13.2 Å². The maximum absolute atomic E-state index is 13.0. The fraction of sp³-hybridized carbons (Fsp3) is 0.647. The second kappa shape index (κ2) is 7.86. The molecule has 0 unspecified atom stereocenters. The molecule has 6 heteroatoms. The molecule has 0 bridgehead atoms. The van der Waals surface area contributed by atoms with Crippen molar-refractivity contribution in [2.24, 2.45) is 0 Å². The summed E-state index contributed by atoms with van der Waals surface area (Å²) in [6.45, 7) is 9.11. The van der Waals surface area contributed by atoms with Gasteiger partial charge in [-0.2, -0.15) is 13.2 Å². The average Bonchev–Trinajstić information content (AvgIpc) is 2.44. The summed E-state index contributed by atoms with van der Waals surface area (Å²) >= 11 is 0. The SMILES string of the molecule is CC(C)(C)c1ccc([C@H](CC(F)(F)F)N2CCNCC2)cc1.Cl. The lowest BCUT2D eigenvalue weighted by Crippen LogP contribution is -2.46. The Bertz CT molecular complexity index is 474. The molecule has 1 aromatic carbocycles. The Kier molecular flexibility index (Phi) is 6.93. The number of nitrogens with zero attached hydrogens (tertiary/aromatic N) is 1. The Hall–Kier alpha value is -0.780. The lowest BCUT2D eigenvalue weighted by molar-refractivity contribution is -0.148. The summed E-state index contributed by atoms with van der Waals surface area (Å²) in [6, 6.07) is 7.05. The van der Waals surface area contributed by atoms with Crippen LogP contribution in [-0.2, 0) is 5.41 Å². The molecule has 1 heterocycles. The van der Waals surface area contributed by atoms with Crippen LogP contribution in [-0.4, -0.2) is 37.3 Å². The molecule has 23 heavy (non-hydrogen) atoms. The zero-order chi connectivity index (χ0) is 16.4. The fourth-order valence-corrected chi connectivity index (χ4v) is 2.88. The first-order valence-electron chi connectivity index (χ1n) is 7.79.